The molecular weight excluding hydrogens is 382 g/mol. The molecule has 1 heterocycles. The van der Waals surface area contributed by atoms with E-state index in [2.05, 4.69) is 10.4 Å². The first-order chi connectivity index (χ1) is 14.4. The van der Waals surface area contributed by atoms with Gasteiger partial charge >= 0.3 is 5.97 Å². The fourth-order valence-electron chi connectivity index (χ4n) is 3.20. The van der Waals surface area contributed by atoms with Crippen LogP contribution in [0, 0.1) is 6.92 Å². The Kier molecular flexibility index (Phi) is 6.61. The molecule has 2 amide bonds. The van der Waals surface area contributed by atoms with Gasteiger partial charge in [-0.2, -0.15) is 5.10 Å². The van der Waals surface area contributed by atoms with E-state index >= 15 is 0 Å². The number of ether oxygens (including phenoxy) is 1. The maximum Gasteiger partial charge on any atom is 0.355 e. The standard InChI is InChI=1S/C23H25N3O4/c1-15(2)18-11-7-8-16(3)22(18)24-20(27)14-30-23(29)19-12-13-21(28)26(25-19)17-9-5-4-6-10-17/h4-11,15H,12-14H2,1-3H3,(H,24,27). The molecule has 2 aromatic rings. The number of esters is 1. The highest BCUT2D eigenvalue weighted by molar-refractivity contribution is 6.38. The number of hydrogen-bond donors (Lipinski definition) is 1. The van der Waals surface area contributed by atoms with Gasteiger partial charge in [0.15, 0.2) is 6.61 Å². The average molecular weight is 407 g/mol. The smallest absolute Gasteiger partial charge is 0.355 e. The monoisotopic (exact) mass is 407 g/mol. The lowest BCUT2D eigenvalue weighted by Gasteiger charge is -2.22. The summed E-state index contributed by atoms with van der Waals surface area (Å²) in [7, 11) is 0. The number of nitrogens with one attached hydrogen (secondary N) is 1. The van der Waals surface area contributed by atoms with Crippen LogP contribution in [0.4, 0.5) is 11.4 Å². The maximum absolute atomic E-state index is 12.4. The molecule has 2 aromatic carbocycles. The zero-order chi connectivity index (χ0) is 21.7. The first-order valence-electron chi connectivity index (χ1n) is 9.88. The van der Waals surface area contributed by atoms with E-state index in [1.54, 1.807) is 24.3 Å². The lowest BCUT2D eigenvalue weighted by molar-refractivity contribution is -0.140. The molecule has 0 saturated carbocycles. The number of hydrazone groups is 1. The Hall–Kier alpha value is -3.48. The van der Waals surface area contributed by atoms with Crippen molar-refractivity contribution in [1.29, 1.82) is 0 Å². The molecule has 0 unspecified atom stereocenters. The Morgan fingerprint density at radius 2 is 1.83 bits per heavy atom. The van der Waals surface area contributed by atoms with Crippen molar-refractivity contribution in [2.24, 2.45) is 5.10 Å². The van der Waals surface area contributed by atoms with E-state index in [9.17, 15) is 14.4 Å². The van der Waals surface area contributed by atoms with Crippen molar-refractivity contribution in [3.63, 3.8) is 0 Å². The highest BCUT2D eigenvalue weighted by Gasteiger charge is 2.27. The molecule has 156 valence electrons. The number of carbonyl (C=O) groups is 3. The molecule has 0 bridgehead atoms. The zero-order valence-electron chi connectivity index (χ0n) is 17.3. The lowest BCUT2D eigenvalue weighted by atomic mass is 9.98. The molecule has 3 rings (SSSR count). The van der Waals surface area contributed by atoms with Gasteiger partial charge in [0.1, 0.15) is 5.71 Å². The predicted octanol–water partition coefficient (Wildman–Crippen LogP) is 3.78. The summed E-state index contributed by atoms with van der Waals surface area (Å²) in [6.45, 7) is 5.58. The largest absolute Gasteiger partial charge is 0.451 e. The highest BCUT2D eigenvalue weighted by Crippen LogP contribution is 2.27. The Balaban J connectivity index is 1.64. The van der Waals surface area contributed by atoms with Crippen molar-refractivity contribution in [1.82, 2.24) is 0 Å². The molecule has 0 saturated heterocycles. The predicted molar refractivity (Wildman–Crippen MR) is 115 cm³/mol. The van der Waals surface area contributed by atoms with Crippen LogP contribution < -0.4 is 10.3 Å². The number of amides is 2. The molecule has 1 N–H and O–H groups in total. The van der Waals surface area contributed by atoms with Gasteiger partial charge in [-0.1, -0.05) is 50.2 Å². The minimum Gasteiger partial charge on any atom is -0.451 e. The van der Waals surface area contributed by atoms with Gasteiger partial charge in [-0.15, -0.1) is 0 Å². The second-order valence-electron chi connectivity index (χ2n) is 7.41. The molecule has 1 aliphatic heterocycles. The van der Waals surface area contributed by atoms with Crippen molar-refractivity contribution in [2.75, 3.05) is 16.9 Å². The van der Waals surface area contributed by atoms with E-state index in [-0.39, 0.29) is 30.4 Å². The average Bonchev–Trinajstić information content (AvgIpc) is 2.74. The van der Waals surface area contributed by atoms with Gasteiger partial charge in [-0.25, -0.2) is 9.80 Å². The van der Waals surface area contributed by atoms with Crippen molar-refractivity contribution >= 4 is 34.9 Å². The van der Waals surface area contributed by atoms with Gasteiger partial charge in [0, 0.05) is 18.5 Å². The Morgan fingerprint density at radius 3 is 2.53 bits per heavy atom. The molecule has 0 radical (unpaired) electrons. The SMILES string of the molecule is Cc1cccc(C(C)C)c1NC(=O)COC(=O)C1=NN(c2ccccc2)C(=O)CC1. The van der Waals surface area contributed by atoms with Crippen LogP contribution >= 0.6 is 0 Å². The number of para-hydroxylation sites is 2. The van der Waals surface area contributed by atoms with Crippen LogP contribution in [0.5, 0.6) is 0 Å². The fraction of sp³-hybridized carbons (Fsp3) is 0.304. The minimum atomic E-state index is -0.701. The molecule has 0 aliphatic carbocycles. The van der Waals surface area contributed by atoms with Crippen LogP contribution in [-0.4, -0.2) is 30.1 Å². The quantitative estimate of drug-likeness (QED) is 0.738. The number of benzene rings is 2. The summed E-state index contributed by atoms with van der Waals surface area (Å²) in [4.78, 5) is 36.9. The van der Waals surface area contributed by atoms with Crippen molar-refractivity contribution in [3.8, 4) is 0 Å². The van der Waals surface area contributed by atoms with E-state index in [1.165, 1.54) is 5.01 Å². The number of anilines is 2. The third-order valence-corrected chi connectivity index (χ3v) is 4.79. The zero-order valence-corrected chi connectivity index (χ0v) is 17.3. The van der Waals surface area contributed by atoms with Gasteiger partial charge in [0.05, 0.1) is 5.69 Å². The van der Waals surface area contributed by atoms with Gasteiger partial charge in [0.2, 0.25) is 5.91 Å². The summed E-state index contributed by atoms with van der Waals surface area (Å²) >= 11 is 0. The Labute approximate surface area is 175 Å². The molecule has 0 fully saturated rings. The first kappa shape index (κ1) is 21.2. The van der Waals surface area contributed by atoms with Crippen molar-refractivity contribution in [3.05, 3.63) is 59.7 Å². The summed E-state index contributed by atoms with van der Waals surface area (Å²) in [5, 5.41) is 8.18. The summed E-state index contributed by atoms with van der Waals surface area (Å²) in [5.74, 6) is -1.09. The third kappa shape index (κ3) is 4.92. The van der Waals surface area contributed by atoms with E-state index in [4.69, 9.17) is 4.74 Å². The topological polar surface area (TPSA) is 88.1 Å². The van der Waals surface area contributed by atoms with Crippen molar-refractivity contribution in [2.45, 2.75) is 39.5 Å². The summed E-state index contributed by atoms with van der Waals surface area (Å²) in [6.07, 6.45) is 0.327. The summed E-state index contributed by atoms with van der Waals surface area (Å²) < 4.78 is 5.16. The summed E-state index contributed by atoms with van der Waals surface area (Å²) in [6, 6.07) is 14.7. The molecule has 0 aromatic heterocycles. The number of hydrogen-bond acceptors (Lipinski definition) is 5. The summed E-state index contributed by atoms with van der Waals surface area (Å²) in [5.41, 5.74) is 3.39. The van der Waals surface area contributed by atoms with Crippen LogP contribution in [0.2, 0.25) is 0 Å². The minimum absolute atomic E-state index is 0.116. The fourth-order valence-corrected chi connectivity index (χ4v) is 3.20. The Bertz CT molecular complexity index is 983. The van der Waals surface area contributed by atoms with Crippen LogP contribution in [0.25, 0.3) is 0 Å². The molecule has 30 heavy (non-hydrogen) atoms. The number of aryl methyl sites for hydroxylation is 1. The third-order valence-electron chi connectivity index (χ3n) is 4.79. The first-order valence-corrected chi connectivity index (χ1v) is 9.88. The molecular formula is C23H25N3O4. The van der Waals surface area contributed by atoms with Crippen LogP contribution in [0.15, 0.2) is 53.6 Å². The van der Waals surface area contributed by atoms with Crippen LogP contribution in [-0.2, 0) is 19.1 Å². The second kappa shape index (κ2) is 9.35. The number of nitrogens with zero attached hydrogens (tertiary/aromatic N) is 2. The van der Waals surface area contributed by atoms with Gasteiger partial charge in [0.25, 0.3) is 5.91 Å². The molecule has 7 heteroatoms. The normalized spacial score (nSPS) is 13.8. The number of carbonyl (C=O) groups excluding carboxylic acids is 3. The van der Waals surface area contributed by atoms with Crippen LogP contribution in [0.3, 0.4) is 0 Å². The number of rotatable bonds is 6. The molecule has 0 spiro atoms. The van der Waals surface area contributed by atoms with E-state index in [1.807, 2.05) is 45.0 Å². The van der Waals surface area contributed by atoms with Gasteiger partial charge < -0.3 is 10.1 Å². The van der Waals surface area contributed by atoms with Crippen LogP contribution in [0.1, 0.15) is 43.7 Å². The van der Waals surface area contributed by atoms with E-state index in [0.717, 1.165) is 16.8 Å². The maximum atomic E-state index is 12.4. The van der Waals surface area contributed by atoms with E-state index < -0.39 is 18.5 Å². The Morgan fingerprint density at radius 1 is 1.10 bits per heavy atom. The van der Waals surface area contributed by atoms with Gasteiger partial charge in [-0.05, 0) is 36.1 Å². The molecule has 7 nitrogen and oxygen atoms in total. The van der Waals surface area contributed by atoms with Crippen molar-refractivity contribution < 1.29 is 19.1 Å². The highest BCUT2D eigenvalue weighted by atomic mass is 16.5. The molecule has 0 atom stereocenters. The lowest BCUT2D eigenvalue weighted by Crippen LogP contribution is -2.35. The molecule has 1 aliphatic rings. The van der Waals surface area contributed by atoms with E-state index in [0.29, 0.717) is 5.69 Å². The van der Waals surface area contributed by atoms with Gasteiger partial charge in [-0.3, -0.25) is 9.59 Å². The second-order valence-corrected chi connectivity index (χ2v) is 7.41.